The van der Waals surface area contributed by atoms with Crippen LogP contribution >= 0.6 is 0 Å². The van der Waals surface area contributed by atoms with Gasteiger partial charge in [-0.05, 0) is 47.9 Å². The third-order valence-corrected chi connectivity index (χ3v) is 4.92. The van der Waals surface area contributed by atoms with E-state index in [1.165, 1.54) is 28.4 Å². The van der Waals surface area contributed by atoms with E-state index in [9.17, 15) is 0 Å². The molecule has 0 bridgehead atoms. The molecule has 0 unspecified atom stereocenters. The number of methoxy groups -OCH3 is 6. The van der Waals surface area contributed by atoms with Gasteiger partial charge in [-0.25, -0.2) is 0 Å². The Balaban J connectivity index is 2.39. The SMILES string of the molecule is COCCOCOc1c(OC)ccc(OC)c1C#CC#Cc1c(OC)ccc(OC)c1OCOCCOC. The number of hydrogen-bond acceptors (Lipinski definition) is 10. The van der Waals surface area contributed by atoms with Gasteiger partial charge < -0.3 is 47.4 Å². The fourth-order valence-corrected chi connectivity index (χ4v) is 3.07. The summed E-state index contributed by atoms with van der Waals surface area (Å²) in [4.78, 5) is 0. The molecule has 0 aliphatic rings. The first kappa shape index (κ1) is 30.4. The maximum absolute atomic E-state index is 5.81. The summed E-state index contributed by atoms with van der Waals surface area (Å²) < 4.78 is 54.3. The Labute approximate surface area is 223 Å². The van der Waals surface area contributed by atoms with Crippen molar-refractivity contribution in [2.75, 3.05) is 82.7 Å². The van der Waals surface area contributed by atoms with Crippen molar-refractivity contribution in [1.29, 1.82) is 0 Å². The summed E-state index contributed by atoms with van der Waals surface area (Å²) in [6.07, 6.45) is 0. The molecule has 0 N–H and O–H groups in total. The summed E-state index contributed by atoms with van der Waals surface area (Å²) in [5, 5.41) is 0. The van der Waals surface area contributed by atoms with Crippen LogP contribution in [0, 0.1) is 23.7 Å². The maximum Gasteiger partial charge on any atom is 0.189 e. The molecular weight excluding hydrogens is 496 g/mol. The molecule has 10 nitrogen and oxygen atoms in total. The van der Waals surface area contributed by atoms with Crippen molar-refractivity contribution in [2.45, 2.75) is 0 Å². The van der Waals surface area contributed by atoms with Gasteiger partial charge in [-0.2, -0.15) is 0 Å². The highest BCUT2D eigenvalue weighted by atomic mass is 16.7. The van der Waals surface area contributed by atoms with Crippen molar-refractivity contribution in [3.63, 3.8) is 0 Å². The van der Waals surface area contributed by atoms with Crippen molar-refractivity contribution in [3.8, 4) is 58.2 Å². The molecule has 2 aromatic rings. The molecular formula is C28H34O10. The summed E-state index contributed by atoms with van der Waals surface area (Å²) in [5.41, 5.74) is 0.911. The van der Waals surface area contributed by atoms with Crippen molar-refractivity contribution < 1.29 is 47.4 Å². The number of ether oxygens (including phenoxy) is 10. The van der Waals surface area contributed by atoms with Crippen LogP contribution in [0.25, 0.3) is 0 Å². The fourth-order valence-electron chi connectivity index (χ4n) is 3.07. The molecule has 10 heteroatoms. The number of benzene rings is 2. The molecule has 0 aliphatic carbocycles. The van der Waals surface area contributed by atoms with E-state index in [1.54, 1.807) is 38.5 Å². The fraction of sp³-hybridized carbons (Fsp3) is 0.429. The Kier molecular flexibility index (Phi) is 14.1. The van der Waals surface area contributed by atoms with Crippen molar-refractivity contribution in [2.24, 2.45) is 0 Å². The molecule has 0 aliphatic heterocycles. The van der Waals surface area contributed by atoms with Crippen molar-refractivity contribution in [1.82, 2.24) is 0 Å². The lowest BCUT2D eigenvalue weighted by Crippen LogP contribution is -2.09. The topological polar surface area (TPSA) is 92.3 Å². The van der Waals surface area contributed by atoms with Gasteiger partial charge in [0.1, 0.15) is 22.6 Å². The van der Waals surface area contributed by atoms with E-state index in [0.29, 0.717) is 72.1 Å². The number of hydrogen-bond donors (Lipinski definition) is 0. The predicted octanol–water partition coefficient (Wildman–Crippen LogP) is 3.12. The first-order valence-corrected chi connectivity index (χ1v) is 11.6. The molecule has 0 saturated heterocycles. The van der Waals surface area contributed by atoms with Gasteiger partial charge in [0.2, 0.25) is 0 Å². The van der Waals surface area contributed by atoms with E-state index in [4.69, 9.17) is 47.4 Å². The van der Waals surface area contributed by atoms with Crippen LogP contribution in [0.5, 0.6) is 34.5 Å². The van der Waals surface area contributed by atoms with Crippen LogP contribution in [-0.4, -0.2) is 82.7 Å². The minimum atomic E-state index is -0.0264. The van der Waals surface area contributed by atoms with Gasteiger partial charge >= 0.3 is 0 Å². The third kappa shape index (κ3) is 8.94. The summed E-state index contributed by atoms with van der Waals surface area (Å²) in [6.45, 7) is 1.58. The zero-order chi connectivity index (χ0) is 27.6. The van der Waals surface area contributed by atoms with Gasteiger partial charge in [0, 0.05) is 14.2 Å². The minimum Gasteiger partial charge on any atom is -0.495 e. The maximum atomic E-state index is 5.81. The standard InChI is InChI=1S/C28H34O10/c1-29-15-17-35-19-37-27-21(23(31-3)11-13-25(27)33-5)9-7-8-10-22-24(32-4)12-14-26(34-6)28(22)38-20-36-18-16-30-2/h11-14H,15-20H2,1-6H3. The van der Waals surface area contributed by atoms with Crippen LogP contribution in [0.3, 0.4) is 0 Å². The lowest BCUT2D eigenvalue weighted by molar-refractivity contribution is -0.00973. The molecule has 0 saturated carbocycles. The zero-order valence-corrected chi connectivity index (χ0v) is 22.6. The molecule has 0 heterocycles. The lowest BCUT2D eigenvalue weighted by atomic mass is 10.1. The molecule has 2 aromatic carbocycles. The molecule has 0 amide bonds. The van der Waals surface area contributed by atoms with Crippen LogP contribution < -0.4 is 28.4 Å². The van der Waals surface area contributed by atoms with Gasteiger partial charge in [-0.15, -0.1) is 0 Å². The van der Waals surface area contributed by atoms with E-state index in [0.717, 1.165) is 0 Å². The van der Waals surface area contributed by atoms with Crippen molar-refractivity contribution >= 4 is 0 Å². The molecule has 0 atom stereocenters. The molecule has 38 heavy (non-hydrogen) atoms. The first-order valence-electron chi connectivity index (χ1n) is 11.6. The molecule has 0 aromatic heterocycles. The molecule has 2 rings (SSSR count). The second kappa shape index (κ2) is 17.6. The molecule has 0 spiro atoms. The Morgan fingerprint density at radius 1 is 0.500 bits per heavy atom. The van der Waals surface area contributed by atoms with Gasteiger partial charge in [0.25, 0.3) is 0 Å². The highest BCUT2D eigenvalue weighted by Crippen LogP contribution is 2.38. The summed E-state index contributed by atoms with van der Waals surface area (Å²) in [7, 11) is 9.34. The van der Waals surface area contributed by atoms with Gasteiger partial charge in [-0.3, -0.25) is 0 Å². The highest BCUT2D eigenvalue weighted by Gasteiger charge is 2.16. The largest absolute Gasteiger partial charge is 0.495 e. The normalized spacial score (nSPS) is 9.95. The smallest absolute Gasteiger partial charge is 0.189 e. The van der Waals surface area contributed by atoms with Crippen LogP contribution in [0.1, 0.15) is 11.1 Å². The zero-order valence-electron chi connectivity index (χ0n) is 22.6. The van der Waals surface area contributed by atoms with E-state index in [2.05, 4.69) is 23.7 Å². The van der Waals surface area contributed by atoms with Gasteiger partial charge in [-0.1, -0.05) is 0 Å². The highest BCUT2D eigenvalue weighted by molar-refractivity contribution is 5.65. The Morgan fingerprint density at radius 3 is 1.21 bits per heavy atom. The average Bonchev–Trinajstić information content (AvgIpc) is 2.95. The number of rotatable bonds is 16. The van der Waals surface area contributed by atoms with E-state index < -0.39 is 0 Å². The van der Waals surface area contributed by atoms with Gasteiger partial charge in [0.15, 0.2) is 36.6 Å². The lowest BCUT2D eigenvalue weighted by Gasteiger charge is -2.15. The monoisotopic (exact) mass is 530 g/mol. The van der Waals surface area contributed by atoms with Crippen LogP contribution in [0.2, 0.25) is 0 Å². The van der Waals surface area contributed by atoms with E-state index in [-0.39, 0.29) is 13.6 Å². The van der Waals surface area contributed by atoms with Gasteiger partial charge in [0.05, 0.1) is 54.9 Å². The van der Waals surface area contributed by atoms with E-state index in [1.807, 2.05) is 0 Å². The second-order valence-corrected chi connectivity index (χ2v) is 7.17. The van der Waals surface area contributed by atoms with Crippen LogP contribution in [0.4, 0.5) is 0 Å². The summed E-state index contributed by atoms with van der Waals surface area (Å²) in [5.74, 6) is 14.3. The van der Waals surface area contributed by atoms with Crippen LogP contribution in [0.15, 0.2) is 24.3 Å². The Bertz CT molecular complexity index is 1030. The van der Waals surface area contributed by atoms with Crippen molar-refractivity contribution in [3.05, 3.63) is 35.4 Å². The first-order chi connectivity index (χ1) is 18.6. The molecule has 0 fully saturated rings. The Hall–Kier alpha value is -3.80. The third-order valence-electron chi connectivity index (χ3n) is 4.92. The van der Waals surface area contributed by atoms with E-state index >= 15 is 0 Å². The molecule has 206 valence electrons. The second-order valence-electron chi connectivity index (χ2n) is 7.17. The Morgan fingerprint density at radius 2 is 0.868 bits per heavy atom. The predicted molar refractivity (Wildman–Crippen MR) is 139 cm³/mol. The summed E-state index contributed by atoms with van der Waals surface area (Å²) in [6, 6.07) is 6.91. The average molecular weight is 531 g/mol. The summed E-state index contributed by atoms with van der Waals surface area (Å²) >= 11 is 0. The molecule has 0 radical (unpaired) electrons. The van der Waals surface area contributed by atoms with Crippen LogP contribution in [-0.2, 0) is 18.9 Å². The quantitative estimate of drug-likeness (QED) is 0.183. The minimum absolute atomic E-state index is 0.0264.